The zero-order valence-corrected chi connectivity index (χ0v) is 26.3. The number of sulfonamides is 1. The highest BCUT2D eigenvalue weighted by Gasteiger charge is 2.34. The van der Waals surface area contributed by atoms with E-state index in [0.29, 0.717) is 21.4 Å². The van der Waals surface area contributed by atoms with Crippen LogP contribution in [0.3, 0.4) is 0 Å². The Morgan fingerprint density at radius 2 is 1.56 bits per heavy atom. The average Bonchev–Trinajstić information content (AvgIpc) is 2.90. The Bertz CT molecular complexity index is 1490. The lowest BCUT2D eigenvalue weighted by molar-refractivity contribution is -0.140. The molecule has 8 nitrogen and oxygen atoms in total. The molecule has 0 saturated carbocycles. The number of nitrogens with one attached hydrogen (secondary N) is 1. The molecule has 1 N–H and O–H groups in total. The van der Waals surface area contributed by atoms with Crippen LogP contribution in [0.5, 0.6) is 5.75 Å². The Kier molecular flexibility index (Phi) is 10.3. The number of anilines is 1. The van der Waals surface area contributed by atoms with Gasteiger partial charge in [-0.2, -0.15) is 0 Å². The second kappa shape index (κ2) is 13.1. The second-order valence-electron chi connectivity index (χ2n) is 10.7. The van der Waals surface area contributed by atoms with E-state index in [4.69, 9.17) is 27.9 Å². The van der Waals surface area contributed by atoms with Gasteiger partial charge in [0, 0.05) is 33.8 Å². The van der Waals surface area contributed by atoms with E-state index in [0.717, 1.165) is 9.87 Å². The molecular formula is C30H35Cl2N3O5S. The number of carbonyl (C=O) groups is 2. The molecule has 0 aliphatic rings. The fourth-order valence-electron chi connectivity index (χ4n) is 4.04. The van der Waals surface area contributed by atoms with Gasteiger partial charge in [0.25, 0.3) is 10.0 Å². The highest BCUT2D eigenvalue weighted by molar-refractivity contribution is 7.92. The molecular weight excluding hydrogens is 585 g/mol. The van der Waals surface area contributed by atoms with Crippen LogP contribution < -0.4 is 14.4 Å². The van der Waals surface area contributed by atoms with Crippen molar-refractivity contribution < 1.29 is 22.7 Å². The van der Waals surface area contributed by atoms with Gasteiger partial charge in [-0.1, -0.05) is 53.0 Å². The lowest BCUT2D eigenvalue weighted by Gasteiger charge is -2.34. The van der Waals surface area contributed by atoms with Crippen molar-refractivity contribution in [2.75, 3.05) is 18.0 Å². The molecule has 0 bridgehead atoms. The number of halogens is 2. The van der Waals surface area contributed by atoms with Crippen molar-refractivity contribution in [1.82, 2.24) is 10.2 Å². The molecule has 3 aromatic rings. The van der Waals surface area contributed by atoms with E-state index in [9.17, 15) is 18.0 Å². The van der Waals surface area contributed by atoms with Crippen molar-refractivity contribution in [2.24, 2.45) is 0 Å². The standard InChI is InChI=1S/C30H35Cl2N3O5S/c1-20-13-15-24(16-14-20)41(38,39)35(22-9-7-10-23(17-22)40-6)19-28(36)34(21(2)29(37)33-30(3,4)5)18-25-26(31)11-8-12-27(25)32/h7-17,21H,18-19H2,1-6H3,(H,33,37)/t21-/m1/s1. The zero-order valence-electron chi connectivity index (χ0n) is 23.9. The Hall–Kier alpha value is -3.27. The molecule has 1 atom stereocenters. The number of amides is 2. The first-order chi connectivity index (χ1) is 19.1. The molecule has 0 aromatic heterocycles. The Morgan fingerprint density at radius 3 is 2.12 bits per heavy atom. The third kappa shape index (κ3) is 8.15. The minimum absolute atomic E-state index is 0.0120. The van der Waals surface area contributed by atoms with E-state index >= 15 is 0 Å². The number of ether oxygens (including phenoxy) is 1. The van der Waals surface area contributed by atoms with Gasteiger partial charge in [-0.15, -0.1) is 0 Å². The van der Waals surface area contributed by atoms with Crippen LogP contribution in [0.2, 0.25) is 10.0 Å². The molecule has 41 heavy (non-hydrogen) atoms. The molecule has 0 aliphatic carbocycles. The van der Waals surface area contributed by atoms with Gasteiger partial charge in [-0.3, -0.25) is 13.9 Å². The zero-order chi connectivity index (χ0) is 30.5. The number of carbonyl (C=O) groups excluding carboxylic acids is 2. The molecule has 0 heterocycles. The van der Waals surface area contributed by atoms with Crippen molar-refractivity contribution >= 4 is 50.7 Å². The first kappa shape index (κ1) is 32.2. The number of methoxy groups -OCH3 is 1. The van der Waals surface area contributed by atoms with Gasteiger partial charge in [0.1, 0.15) is 18.3 Å². The maximum atomic E-state index is 14.1. The van der Waals surface area contributed by atoms with Crippen LogP contribution in [0.25, 0.3) is 0 Å². The van der Waals surface area contributed by atoms with E-state index in [1.54, 1.807) is 55.5 Å². The molecule has 0 saturated heterocycles. The molecule has 0 unspecified atom stereocenters. The van der Waals surface area contributed by atoms with E-state index in [1.807, 2.05) is 27.7 Å². The highest BCUT2D eigenvalue weighted by atomic mass is 35.5. The summed E-state index contributed by atoms with van der Waals surface area (Å²) in [5, 5.41) is 3.51. The third-order valence-electron chi connectivity index (χ3n) is 6.28. The van der Waals surface area contributed by atoms with Gasteiger partial charge in [0.2, 0.25) is 11.8 Å². The van der Waals surface area contributed by atoms with Gasteiger partial charge >= 0.3 is 0 Å². The first-order valence-electron chi connectivity index (χ1n) is 12.9. The Morgan fingerprint density at radius 1 is 0.976 bits per heavy atom. The number of rotatable bonds is 10. The molecule has 0 aliphatic heterocycles. The molecule has 0 radical (unpaired) electrons. The van der Waals surface area contributed by atoms with E-state index in [1.165, 1.54) is 30.2 Å². The monoisotopic (exact) mass is 619 g/mol. The topological polar surface area (TPSA) is 96.0 Å². The van der Waals surface area contributed by atoms with Crippen LogP contribution in [0, 0.1) is 6.92 Å². The highest BCUT2D eigenvalue weighted by Crippen LogP contribution is 2.30. The SMILES string of the molecule is COc1cccc(N(CC(=O)N(Cc2c(Cl)cccc2Cl)[C@H](C)C(=O)NC(C)(C)C)S(=O)(=O)c2ccc(C)cc2)c1. The largest absolute Gasteiger partial charge is 0.497 e. The molecule has 220 valence electrons. The lowest BCUT2D eigenvalue weighted by atomic mass is 10.1. The Labute approximate surface area is 252 Å². The predicted octanol–water partition coefficient (Wildman–Crippen LogP) is 5.84. The summed E-state index contributed by atoms with van der Waals surface area (Å²) < 4.78 is 34.2. The average molecular weight is 621 g/mol. The molecule has 3 rings (SSSR count). The van der Waals surface area contributed by atoms with Crippen LogP contribution >= 0.6 is 23.2 Å². The van der Waals surface area contributed by atoms with Crippen molar-refractivity contribution in [3.8, 4) is 5.75 Å². The predicted molar refractivity (Wildman–Crippen MR) is 163 cm³/mol. The summed E-state index contributed by atoms with van der Waals surface area (Å²) in [6, 6.07) is 16.7. The van der Waals surface area contributed by atoms with Gasteiger partial charge in [-0.05, 0) is 71.0 Å². The van der Waals surface area contributed by atoms with Crippen LogP contribution in [0.4, 0.5) is 5.69 Å². The smallest absolute Gasteiger partial charge is 0.264 e. The number of aryl methyl sites for hydroxylation is 1. The van der Waals surface area contributed by atoms with Crippen molar-refractivity contribution in [1.29, 1.82) is 0 Å². The third-order valence-corrected chi connectivity index (χ3v) is 8.78. The van der Waals surface area contributed by atoms with Crippen LogP contribution in [0.1, 0.15) is 38.8 Å². The van der Waals surface area contributed by atoms with Gasteiger partial charge in [-0.25, -0.2) is 8.42 Å². The van der Waals surface area contributed by atoms with Gasteiger partial charge in [0.05, 0.1) is 17.7 Å². The van der Waals surface area contributed by atoms with Gasteiger partial charge < -0.3 is 15.0 Å². The quantitative estimate of drug-likeness (QED) is 0.308. The first-order valence-corrected chi connectivity index (χ1v) is 15.1. The maximum absolute atomic E-state index is 14.1. The van der Waals surface area contributed by atoms with Gasteiger partial charge in [0.15, 0.2) is 0 Å². The van der Waals surface area contributed by atoms with Crippen molar-refractivity contribution in [3.05, 3.63) is 87.9 Å². The second-order valence-corrected chi connectivity index (χ2v) is 13.3. The van der Waals surface area contributed by atoms with Crippen LogP contribution in [-0.2, 0) is 26.2 Å². The molecule has 3 aromatic carbocycles. The summed E-state index contributed by atoms with van der Waals surface area (Å²) >= 11 is 12.9. The summed E-state index contributed by atoms with van der Waals surface area (Å²) in [5.41, 5.74) is 0.980. The minimum Gasteiger partial charge on any atom is -0.497 e. The fraction of sp³-hybridized carbons (Fsp3) is 0.333. The molecule has 0 spiro atoms. The van der Waals surface area contributed by atoms with Crippen molar-refractivity contribution in [2.45, 2.75) is 57.6 Å². The summed E-state index contributed by atoms with van der Waals surface area (Å²) in [7, 11) is -2.74. The van der Waals surface area contributed by atoms with E-state index in [2.05, 4.69) is 5.32 Å². The van der Waals surface area contributed by atoms with E-state index < -0.39 is 40.0 Å². The summed E-state index contributed by atoms with van der Waals surface area (Å²) in [6.45, 7) is 8.19. The summed E-state index contributed by atoms with van der Waals surface area (Å²) in [4.78, 5) is 28.6. The summed E-state index contributed by atoms with van der Waals surface area (Å²) in [6.07, 6.45) is 0. The normalized spacial score (nSPS) is 12.4. The molecule has 0 fully saturated rings. The number of hydrogen-bond acceptors (Lipinski definition) is 5. The lowest BCUT2D eigenvalue weighted by Crippen LogP contribution is -2.54. The summed E-state index contributed by atoms with van der Waals surface area (Å²) in [5.74, 6) is -0.629. The maximum Gasteiger partial charge on any atom is 0.264 e. The molecule has 11 heteroatoms. The van der Waals surface area contributed by atoms with Crippen LogP contribution in [0.15, 0.2) is 71.6 Å². The molecule has 2 amide bonds. The number of nitrogens with zero attached hydrogens (tertiary/aromatic N) is 2. The number of hydrogen-bond donors (Lipinski definition) is 1. The van der Waals surface area contributed by atoms with Crippen molar-refractivity contribution in [3.63, 3.8) is 0 Å². The minimum atomic E-state index is -4.21. The number of benzene rings is 3. The fourth-order valence-corrected chi connectivity index (χ4v) is 5.97. The van der Waals surface area contributed by atoms with E-state index in [-0.39, 0.29) is 17.1 Å². The van der Waals surface area contributed by atoms with Crippen LogP contribution in [-0.4, -0.2) is 50.4 Å². The Balaban J connectivity index is 2.10.